The summed E-state index contributed by atoms with van der Waals surface area (Å²) in [6, 6.07) is 11.0. The van der Waals surface area contributed by atoms with Gasteiger partial charge in [0.1, 0.15) is 5.82 Å². The second-order valence-corrected chi connectivity index (χ2v) is 8.33. The number of carbonyl (C=O) groups is 2. The smallest absolute Gasteiger partial charge is 0.338 e. The van der Waals surface area contributed by atoms with Crippen molar-refractivity contribution in [3.63, 3.8) is 0 Å². The molecule has 1 aromatic heterocycles. The van der Waals surface area contributed by atoms with Crippen molar-refractivity contribution in [1.82, 2.24) is 15.0 Å². The van der Waals surface area contributed by atoms with Gasteiger partial charge in [0.2, 0.25) is 17.6 Å². The average molecular weight is 467 g/mol. The Morgan fingerprint density at radius 1 is 1.24 bits per heavy atom. The van der Waals surface area contributed by atoms with Gasteiger partial charge in [-0.3, -0.25) is 9.69 Å². The molecule has 0 spiro atoms. The number of piperidine rings is 1. The fourth-order valence-electron chi connectivity index (χ4n) is 3.97. The van der Waals surface area contributed by atoms with E-state index in [-0.39, 0.29) is 24.2 Å². The van der Waals surface area contributed by atoms with Gasteiger partial charge < -0.3 is 14.6 Å². The van der Waals surface area contributed by atoms with Crippen LogP contribution in [0.3, 0.4) is 0 Å². The van der Waals surface area contributed by atoms with Crippen molar-refractivity contribution in [2.75, 3.05) is 25.0 Å². The number of ether oxygens (including phenoxy) is 1. The number of aryl methyl sites for hydroxylation is 1. The number of rotatable bonds is 7. The molecule has 0 aliphatic carbocycles. The van der Waals surface area contributed by atoms with Crippen molar-refractivity contribution in [3.05, 3.63) is 65.3 Å². The van der Waals surface area contributed by atoms with Crippen molar-refractivity contribution in [2.24, 2.45) is 5.92 Å². The summed E-state index contributed by atoms with van der Waals surface area (Å²) >= 11 is 0. The van der Waals surface area contributed by atoms with E-state index in [2.05, 4.69) is 20.4 Å². The number of aromatic nitrogens is 2. The standard InChI is InChI=1S/C25H27FN4O4/c1-3-33-25(32)18-7-6-16(2)21(13-18)27-24(31)19-5-4-12-30(14-19)15-22-28-23(29-34-22)17-8-10-20(26)11-9-17/h6-11,13,19H,3-5,12,14-15H2,1-2H3,(H,27,31). The summed E-state index contributed by atoms with van der Waals surface area (Å²) in [7, 11) is 0. The number of carbonyl (C=O) groups excluding carboxylic acids is 2. The average Bonchev–Trinajstić information content (AvgIpc) is 3.29. The van der Waals surface area contributed by atoms with E-state index in [0.717, 1.165) is 24.9 Å². The first kappa shape index (κ1) is 23.6. The van der Waals surface area contributed by atoms with Gasteiger partial charge in [0.15, 0.2) is 0 Å². The summed E-state index contributed by atoms with van der Waals surface area (Å²) in [6.07, 6.45) is 1.63. The lowest BCUT2D eigenvalue weighted by molar-refractivity contribution is -0.121. The van der Waals surface area contributed by atoms with E-state index in [1.165, 1.54) is 12.1 Å². The third-order valence-electron chi connectivity index (χ3n) is 5.81. The first-order chi connectivity index (χ1) is 16.4. The molecule has 2 heterocycles. The third-order valence-corrected chi connectivity index (χ3v) is 5.81. The molecule has 0 bridgehead atoms. The second-order valence-electron chi connectivity index (χ2n) is 8.33. The van der Waals surface area contributed by atoms with Crippen LogP contribution in [0.25, 0.3) is 11.4 Å². The van der Waals surface area contributed by atoms with Gasteiger partial charge in [-0.15, -0.1) is 0 Å². The number of esters is 1. The van der Waals surface area contributed by atoms with Gasteiger partial charge in [-0.2, -0.15) is 4.98 Å². The van der Waals surface area contributed by atoms with Gasteiger partial charge in [-0.1, -0.05) is 11.2 Å². The highest BCUT2D eigenvalue weighted by atomic mass is 19.1. The molecule has 1 amide bonds. The van der Waals surface area contributed by atoms with E-state index >= 15 is 0 Å². The van der Waals surface area contributed by atoms with Gasteiger partial charge in [-0.05, 0) is 75.2 Å². The number of halogens is 1. The summed E-state index contributed by atoms with van der Waals surface area (Å²) in [5, 5.41) is 6.96. The molecule has 34 heavy (non-hydrogen) atoms. The lowest BCUT2D eigenvalue weighted by Gasteiger charge is -2.31. The van der Waals surface area contributed by atoms with Gasteiger partial charge >= 0.3 is 5.97 Å². The molecule has 8 nitrogen and oxygen atoms in total. The molecule has 4 rings (SSSR count). The zero-order valence-corrected chi connectivity index (χ0v) is 19.2. The molecule has 1 aliphatic heterocycles. The van der Waals surface area contributed by atoms with Gasteiger partial charge in [0.05, 0.1) is 24.6 Å². The number of nitrogens with one attached hydrogen (secondary N) is 1. The monoisotopic (exact) mass is 466 g/mol. The molecule has 3 aromatic rings. The van der Waals surface area contributed by atoms with E-state index in [1.54, 1.807) is 37.3 Å². The molecule has 1 saturated heterocycles. The zero-order valence-electron chi connectivity index (χ0n) is 19.2. The molecule has 1 fully saturated rings. The molecule has 1 atom stereocenters. The van der Waals surface area contributed by atoms with Crippen LogP contribution in [0.2, 0.25) is 0 Å². The van der Waals surface area contributed by atoms with E-state index in [4.69, 9.17) is 9.26 Å². The molecule has 0 radical (unpaired) electrons. The predicted molar refractivity (Wildman–Crippen MR) is 123 cm³/mol. The van der Waals surface area contributed by atoms with E-state index in [1.807, 2.05) is 6.92 Å². The van der Waals surface area contributed by atoms with Crippen molar-refractivity contribution in [1.29, 1.82) is 0 Å². The summed E-state index contributed by atoms with van der Waals surface area (Å²) in [5.41, 5.74) is 2.55. The minimum absolute atomic E-state index is 0.0914. The van der Waals surface area contributed by atoms with E-state index < -0.39 is 5.97 Å². The number of nitrogens with zero attached hydrogens (tertiary/aromatic N) is 3. The first-order valence-corrected chi connectivity index (χ1v) is 11.3. The summed E-state index contributed by atoms with van der Waals surface area (Å²) in [4.78, 5) is 31.6. The summed E-state index contributed by atoms with van der Waals surface area (Å²) in [5.74, 6) is -0.198. The van der Waals surface area contributed by atoms with Crippen LogP contribution in [0.15, 0.2) is 47.0 Å². The Labute approximate surface area is 197 Å². The number of benzene rings is 2. The van der Waals surface area contributed by atoms with Gasteiger partial charge in [0.25, 0.3) is 0 Å². The highest BCUT2D eigenvalue weighted by Crippen LogP contribution is 2.24. The summed E-state index contributed by atoms with van der Waals surface area (Å²) < 4.78 is 23.6. The quantitative estimate of drug-likeness (QED) is 0.521. The molecular formula is C25H27FN4O4. The number of hydrogen-bond donors (Lipinski definition) is 1. The molecule has 0 saturated carbocycles. The highest BCUT2D eigenvalue weighted by Gasteiger charge is 2.27. The van der Waals surface area contributed by atoms with E-state index in [9.17, 15) is 14.0 Å². The minimum atomic E-state index is -0.415. The van der Waals surface area contributed by atoms with E-state index in [0.29, 0.717) is 41.6 Å². The van der Waals surface area contributed by atoms with Crippen LogP contribution >= 0.6 is 0 Å². The Balaban J connectivity index is 1.37. The number of hydrogen-bond acceptors (Lipinski definition) is 7. The molecule has 1 aliphatic rings. The highest BCUT2D eigenvalue weighted by molar-refractivity contribution is 5.96. The van der Waals surface area contributed by atoms with Crippen molar-refractivity contribution in [2.45, 2.75) is 33.2 Å². The van der Waals surface area contributed by atoms with Crippen LogP contribution in [-0.4, -0.2) is 46.6 Å². The van der Waals surface area contributed by atoms with Crippen molar-refractivity contribution < 1.29 is 23.2 Å². The van der Waals surface area contributed by atoms with Crippen LogP contribution in [-0.2, 0) is 16.1 Å². The zero-order chi connectivity index (χ0) is 24.1. The topological polar surface area (TPSA) is 97.6 Å². The maximum absolute atomic E-state index is 13.1. The van der Waals surface area contributed by atoms with Crippen LogP contribution in [0, 0.1) is 18.7 Å². The van der Waals surface area contributed by atoms with Crippen molar-refractivity contribution >= 4 is 17.6 Å². The largest absolute Gasteiger partial charge is 0.462 e. The molecule has 1 unspecified atom stereocenters. The Morgan fingerprint density at radius 3 is 2.79 bits per heavy atom. The maximum atomic E-state index is 13.1. The molecule has 178 valence electrons. The lowest BCUT2D eigenvalue weighted by Crippen LogP contribution is -2.40. The van der Waals surface area contributed by atoms with Crippen LogP contribution < -0.4 is 5.32 Å². The fraction of sp³-hybridized carbons (Fsp3) is 0.360. The fourth-order valence-corrected chi connectivity index (χ4v) is 3.97. The lowest BCUT2D eigenvalue weighted by atomic mass is 9.96. The molecule has 9 heteroatoms. The summed E-state index contributed by atoms with van der Waals surface area (Å²) in [6.45, 7) is 5.72. The maximum Gasteiger partial charge on any atom is 0.338 e. The molecule has 2 aromatic carbocycles. The van der Waals surface area contributed by atoms with Crippen LogP contribution in [0.5, 0.6) is 0 Å². The predicted octanol–water partition coefficient (Wildman–Crippen LogP) is 4.21. The SMILES string of the molecule is CCOC(=O)c1ccc(C)c(NC(=O)C2CCCN(Cc3nc(-c4ccc(F)cc4)no3)C2)c1. The Bertz CT molecular complexity index is 1160. The van der Waals surface area contributed by atoms with Crippen LogP contribution in [0.4, 0.5) is 10.1 Å². The molecule has 1 N–H and O–H groups in total. The number of anilines is 1. The normalized spacial score (nSPS) is 16.3. The van der Waals surface area contributed by atoms with Crippen LogP contribution in [0.1, 0.15) is 41.6 Å². The van der Waals surface area contributed by atoms with Crippen molar-refractivity contribution in [3.8, 4) is 11.4 Å². The Kier molecular flexibility index (Phi) is 7.32. The van der Waals surface area contributed by atoms with Gasteiger partial charge in [-0.25, -0.2) is 9.18 Å². The Morgan fingerprint density at radius 2 is 2.03 bits per heavy atom. The number of likely N-dealkylation sites (tertiary alicyclic amines) is 1. The minimum Gasteiger partial charge on any atom is -0.462 e. The second kappa shape index (κ2) is 10.6. The number of amides is 1. The first-order valence-electron chi connectivity index (χ1n) is 11.3. The Hall–Kier alpha value is -3.59. The molecular weight excluding hydrogens is 439 g/mol. The van der Waals surface area contributed by atoms with Gasteiger partial charge in [0, 0.05) is 17.8 Å². The third kappa shape index (κ3) is 5.66.